The molecule has 0 aliphatic carbocycles. The molecule has 0 bridgehead atoms. The molecule has 0 saturated carbocycles. The minimum absolute atomic E-state index is 0.0731. The Labute approximate surface area is 140 Å². The fourth-order valence-corrected chi connectivity index (χ4v) is 2.66. The van der Waals surface area contributed by atoms with E-state index in [9.17, 15) is 4.79 Å². The first-order valence-corrected chi connectivity index (χ1v) is 8.05. The maximum absolute atomic E-state index is 11.9. The third kappa shape index (κ3) is 5.97. The summed E-state index contributed by atoms with van der Waals surface area (Å²) in [5.74, 6) is -0.0731. The van der Waals surface area contributed by atoms with Crippen molar-refractivity contribution < 1.29 is 9.53 Å². The molecule has 0 saturated heterocycles. The summed E-state index contributed by atoms with van der Waals surface area (Å²) in [6, 6.07) is 7.64. The Kier molecular flexibility index (Phi) is 6.99. The Morgan fingerprint density at radius 2 is 2.09 bits per heavy atom. The van der Waals surface area contributed by atoms with Gasteiger partial charge in [-0.05, 0) is 48.5 Å². The van der Waals surface area contributed by atoms with Crippen molar-refractivity contribution in [1.82, 2.24) is 15.3 Å². The predicted molar refractivity (Wildman–Crippen MR) is 90.7 cm³/mol. The monoisotopic (exact) mass is 332 g/mol. The Morgan fingerprint density at radius 1 is 1.30 bits per heavy atom. The summed E-state index contributed by atoms with van der Waals surface area (Å²) in [5, 5.41) is 6.61. The molecule has 0 unspecified atom stereocenters. The zero-order valence-corrected chi connectivity index (χ0v) is 14.0. The van der Waals surface area contributed by atoms with E-state index < -0.39 is 0 Å². The van der Waals surface area contributed by atoms with Crippen molar-refractivity contribution in [3.8, 4) is 0 Å². The van der Waals surface area contributed by atoms with Crippen molar-refractivity contribution in [2.24, 2.45) is 0 Å². The van der Waals surface area contributed by atoms with Crippen LogP contribution in [0.3, 0.4) is 0 Å². The molecule has 7 heteroatoms. The van der Waals surface area contributed by atoms with Crippen LogP contribution in [-0.4, -0.2) is 42.7 Å². The smallest absolute Gasteiger partial charge is 0.238 e. The molecule has 23 heavy (non-hydrogen) atoms. The molecule has 2 N–H and O–H groups in total. The first-order valence-electron chi connectivity index (χ1n) is 7.24. The highest BCUT2D eigenvalue weighted by atomic mass is 32.2. The lowest BCUT2D eigenvalue weighted by Gasteiger charge is -2.10. The molecular formula is C16H20N4O2S. The van der Waals surface area contributed by atoms with Crippen LogP contribution in [-0.2, 0) is 9.53 Å². The lowest BCUT2D eigenvalue weighted by molar-refractivity contribution is -0.115. The zero-order valence-electron chi connectivity index (χ0n) is 13.2. The summed E-state index contributed by atoms with van der Waals surface area (Å²) in [4.78, 5) is 21.3. The van der Waals surface area contributed by atoms with Crippen molar-refractivity contribution in [2.75, 3.05) is 32.1 Å². The van der Waals surface area contributed by atoms with Gasteiger partial charge in [-0.25, -0.2) is 9.97 Å². The summed E-state index contributed by atoms with van der Waals surface area (Å²) in [7, 11) is 1.63. The van der Waals surface area contributed by atoms with E-state index in [0.717, 1.165) is 16.1 Å². The third-order valence-corrected chi connectivity index (χ3v) is 3.87. The van der Waals surface area contributed by atoms with Gasteiger partial charge in [0, 0.05) is 36.6 Å². The molecule has 0 aliphatic rings. The molecule has 122 valence electrons. The van der Waals surface area contributed by atoms with Gasteiger partial charge in [-0.1, -0.05) is 0 Å². The molecule has 6 nitrogen and oxygen atoms in total. The average Bonchev–Trinajstić information content (AvgIpc) is 2.55. The second kappa shape index (κ2) is 9.24. The van der Waals surface area contributed by atoms with E-state index in [1.165, 1.54) is 11.8 Å². The van der Waals surface area contributed by atoms with Crippen molar-refractivity contribution in [3.63, 3.8) is 0 Å². The van der Waals surface area contributed by atoms with E-state index in [-0.39, 0.29) is 12.5 Å². The lowest BCUT2D eigenvalue weighted by Crippen LogP contribution is -2.30. The molecular weight excluding hydrogens is 312 g/mol. The van der Waals surface area contributed by atoms with Gasteiger partial charge in [0.05, 0.1) is 13.2 Å². The minimum Gasteiger partial charge on any atom is -0.383 e. The second-order valence-electron chi connectivity index (χ2n) is 4.83. The first kappa shape index (κ1) is 17.4. The van der Waals surface area contributed by atoms with Crippen LogP contribution in [0.25, 0.3) is 0 Å². The molecule has 1 aromatic carbocycles. The summed E-state index contributed by atoms with van der Waals surface area (Å²) >= 11 is 1.49. The Bertz CT molecular complexity index is 637. The van der Waals surface area contributed by atoms with E-state index in [4.69, 9.17) is 4.74 Å². The van der Waals surface area contributed by atoms with Gasteiger partial charge in [0.25, 0.3) is 0 Å². The fraction of sp³-hybridized carbons (Fsp3) is 0.312. The largest absolute Gasteiger partial charge is 0.383 e. The molecule has 0 fully saturated rings. The molecule has 2 rings (SSSR count). The van der Waals surface area contributed by atoms with Gasteiger partial charge in [0.15, 0.2) is 5.16 Å². The van der Waals surface area contributed by atoms with Gasteiger partial charge in [-0.15, -0.1) is 0 Å². The molecule has 2 aromatic rings. The number of nitrogens with zero attached hydrogens (tertiary/aromatic N) is 2. The molecule has 0 radical (unpaired) electrons. The van der Waals surface area contributed by atoms with E-state index in [0.29, 0.717) is 18.3 Å². The van der Waals surface area contributed by atoms with Crippen LogP contribution in [0.15, 0.2) is 46.7 Å². The van der Waals surface area contributed by atoms with Crippen molar-refractivity contribution in [1.29, 1.82) is 0 Å². The van der Waals surface area contributed by atoms with E-state index >= 15 is 0 Å². The highest BCUT2D eigenvalue weighted by Gasteiger charge is 2.06. The number of aromatic nitrogens is 2. The number of aryl methyl sites for hydroxylation is 1. The molecule has 1 aromatic heterocycles. The van der Waals surface area contributed by atoms with Crippen LogP contribution in [0.2, 0.25) is 0 Å². The Balaban J connectivity index is 1.90. The number of carbonyl (C=O) groups is 1. The number of amides is 1. The van der Waals surface area contributed by atoms with E-state index in [1.807, 2.05) is 25.1 Å². The van der Waals surface area contributed by atoms with Crippen molar-refractivity contribution in [2.45, 2.75) is 17.0 Å². The van der Waals surface area contributed by atoms with Crippen molar-refractivity contribution in [3.05, 3.63) is 42.2 Å². The third-order valence-electron chi connectivity index (χ3n) is 2.99. The standard InChI is InChI=1S/C16H20N4O2S/c1-12-10-13(23-16-18-6-3-7-19-16)4-5-14(12)20-15(21)11-17-8-9-22-2/h3-7,10,17H,8-9,11H2,1-2H3,(H,20,21). The minimum atomic E-state index is -0.0731. The summed E-state index contributed by atoms with van der Waals surface area (Å²) in [5.41, 5.74) is 1.80. The summed E-state index contributed by atoms with van der Waals surface area (Å²) in [6.07, 6.45) is 3.43. The van der Waals surface area contributed by atoms with Gasteiger partial charge < -0.3 is 15.4 Å². The molecule has 1 heterocycles. The highest BCUT2D eigenvalue weighted by Crippen LogP contribution is 2.27. The van der Waals surface area contributed by atoms with Crippen LogP contribution in [0.5, 0.6) is 0 Å². The number of rotatable bonds is 8. The van der Waals surface area contributed by atoms with Crippen LogP contribution in [0.4, 0.5) is 5.69 Å². The number of ether oxygens (including phenoxy) is 1. The van der Waals surface area contributed by atoms with E-state index in [2.05, 4.69) is 20.6 Å². The fourth-order valence-electron chi connectivity index (χ4n) is 1.85. The zero-order chi connectivity index (χ0) is 16.5. The summed E-state index contributed by atoms with van der Waals surface area (Å²) in [6.45, 7) is 3.45. The quantitative estimate of drug-likeness (QED) is 0.569. The molecule has 0 spiro atoms. The van der Waals surface area contributed by atoms with Gasteiger partial charge in [0.2, 0.25) is 5.91 Å². The first-order chi connectivity index (χ1) is 11.2. The number of carbonyl (C=O) groups excluding carboxylic acids is 1. The number of methoxy groups -OCH3 is 1. The number of hydrogen-bond donors (Lipinski definition) is 2. The Morgan fingerprint density at radius 3 is 2.78 bits per heavy atom. The maximum Gasteiger partial charge on any atom is 0.238 e. The SMILES string of the molecule is COCCNCC(=O)Nc1ccc(Sc2ncccn2)cc1C. The number of nitrogens with one attached hydrogen (secondary N) is 2. The van der Waals surface area contributed by atoms with Gasteiger partial charge in [-0.2, -0.15) is 0 Å². The number of hydrogen-bond acceptors (Lipinski definition) is 6. The van der Waals surface area contributed by atoms with Crippen LogP contribution in [0.1, 0.15) is 5.56 Å². The lowest BCUT2D eigenvalue weighted by atomic mass is 10.2. The normalized spacial score (nSPS) is 10.5. The average molecular weight is 332 g/mol. The topological polar surface area (TPSA) is 76.1 Å². The van der Waals surface area contributed by atoms with Crippen molar-refractivity contribution >= 4 is 23.4 Å². The molecule has 0 aliphatic heterocycles. The number of benzene rings is 1. The van der Waals surface area contributed by atoms with Crippen LogP contribution in [0, 0.1) is 6.92 Å². The Hall–Kier alpha value is -1.96. The molecule has 0 atom stereocenters. The number of anilines is 1. The maximum atomic E-state index is 11.9. The summed E-state index contributed by atoms with van der Waals surface area (Å²) < 4.78 is 4.92. The second-order valence-corrected chi connectivity index (χ2v) is 5.87. The molecule has 1 amide bonds. The van der Waals surface area contributed by atoms with Gasteiger partial charge in [-0.3, -0.25) is 4.79 Å². The van der Waals surface area contributed by atoms with E-state index in [1.54, 1.807) is 25.6 Å². The predicted octanol–water partition coefficient (Wildman–Crippen LogP) is 2.11. The van der Waals surface area contributed by atoms with Gasteiger partial charge in [0.1, 0.15) is 0 Å². The van der Waals surface area contributed by atoms with Crippen LogP contribution >= 0.6 is 11.8 Å². The van der Waals surface area contributed by atoms with Crippen LogP contribution < -0.4 is 10.6 Å². The van der Waals surface area contributed by atoms with Gasteiger partial charge >= 0.3 is 0 Å². The highest BCUT2D eigenvalue weighted by molar-refractivity contribution is 7.99.